The van der Waals surface area contributed by atoms with Gasteiger partial charge in [-0.15, -0.1) is 11.3 Å². The first kappa shape index (κ1) is 15.4. The van der Waals surface area contributed by atoms with Crippen LogP contribution in [0.5, 0.6) is 0 Å². The van der Waals surface area contributed by atoms with E-state index in [0.29, 0.717) is 5.56 Å². The van der Waals surface area contributed by atoms with Crippen molar-refractivity contribution in [1.29, 1.82) is 0 Å². The number of alkyl halides is 3. The molecule has 0 spiro atoms. The second-order valence-electron chi connectivity index (χ2n) is 4.44. The zero-order valence-corrected chi connectivity index (χ0v) is 12.5. The monoisotopic (exact) mass is 319 g/mol. The summed E-state index contributed by atoms with van der Waals surface area (Å²) in [6, 6.07) is 7.52. The molecule has 0 amide bonds. The van der Waals surface area contributed by atoms with Crippen molar-refractivity contribution in [2.75, 3.05) is 7.05 Å². The number of nitrogens with one attached hydrogen (secondary N) is 1. The summed E-state index contributed by atoms with van der Waals surface area (Å²) >= 11 is 7.25. The third-order valence-corrected chi connectivity index (χ3v) is 4.53. The Hall–Kier alpha value is -1.04. The number of rotatable bonds is 3. The van der Waals surface area contributed by atoms with Crippen LogP contribution in [-0.2, 0) is 6.18 Å². The summed E-state index contributed by atoms with van der Waals surface area (Å²) in [6.45, 7) is 1.99. The fourth-order valence-electron chi connectivity index (χ4n) is 1.78. The number of halogens is 4. The molecule has 0 aliphatic heterocycles. The van der Waals surface area contributed by atoms with Gasteiger partial charge in [0, 0.05) is 20.8 Å². The number of thiophene rings is 1. The smallest absolute Gasteiger partial charge is 0.313 e. The van der Waals surface area contributed by atoms with Gasteiger partial charge in [0.25, 0.3) is 0 Å². The third kappa shape index (κ3) is 3.34. The molecule has 1 atom stereocenters. The van der Waals surface area contributed by atoms with E-state index < -0.39 is 11.7 Å². The van der Waals surface area contributed by atoms with E-state index in [1.54, 1.807) is 6.07 Å². The van der Waals surface area contributed by atoms with Crippen molar-refractivity contribution in [2.45, 2.75) is 19.1 Å². The van der Waals surface area contributed by atoms with Crippen LogP contribution >= 0.6 is 22.9 Å². The Kier molecular flexibility index (Phi) is 4.42. The van der Waals surface area contributed by atoms with Crippen LogP contribution in [0.3, 0.4) is 0 Å². The van der Waals surface area contributed by atoms with Crippen LogP contribution in [0.15, 0.2) is 30.3 Å². The molecule has 1 aromatic carbocycles. The highest BCUT2D eigenvalue weighted by Crippen LogP contribution is 2.37. The van der Waals surface area contributed by atoms with Crippen LogP contribution in [0.2, 0.25) is 5.02 Å². The molecule has 6 heteroatoms. The third-order valence-electron chi connectivity index (χ3n) is 3.00. The normalized spacial score (nSPS) is 13.5. The molecule has 2 aromatic rings. The quantitative estimate of drug-likeness (QED) is 0.802. The van der Waals surface area contributed by atoms with Crippen LogP contribution in [0.25, 0.3) is 10.4 Å². The maximum atomic E-state index is 12.8. The topological polar surface area (TPSA) is 12.0 Å². The maximum Gasteiger partial charge on any atom is 0.416 e. The lowest BCUT2D eigenvalue weighted by Crippen LogP contribution is -2.10. The molecule has 0 fully saturated rings. The molecule has 2 rings (SSSR count). The lowest BCUT2D eigenvalue weighted by atomic mass is 10.1. The van der Waals surface area contributed by atoms with Gasteiger partial charge >= 0.3 is 6.18 Å². The molecule has 1 N–H and O–H groups in total. The molecule has 0 bridgehead atoms. The van der Waals surface area contributed by atoms with Crippen molar-refractivity contribution in [1.82, 2.24) is 5.32 Å². The summed E-state index contributed by atoms with van der Waals surface area (Å²) in [4.78, 5) is 1.84. The van der Waals surface area contributed by atoms with Crippen LogP contribution in [-0.4, -0.2) is 7.05 Å². The molecule has 1 heterocycles. The van der Waals surface area contributed by atoms with Crippen molar-refractivity contribution >= 4 is 22.9 Å². The second kappa shape index (κ2) is 5.76. The predicted molar refractivity (Wildman–Crippen MR) is 77.2 cm³/mol. The fraction of sp³-hybridized carbons (Fsp3) is 0.286. The van der Waals surface area contributed by atoms with Gasteiger partial charge in [-0.3, -0.25) is 0 Å². The Labute approximate surface area is 124 Å². The van der Waals surface area contributed by atoms with E-state index in [0.717, 1.165) is 21.9 Å². The predicted octanol–water partition coefficient (Wildman–Crippen LogP) is 5.37. The SMILES string of the molecule is CNC(C)c1ccc(-c2cc(Cl)cc(C(F)(F)F)c2)s1. The van der Waals surface area contributed by atoms with E-state index in [4.69, 9.17) is 11.6 Å². The van der Waals surface area contributed by atoms with Crippen molar-refractivity contribution in [3.05, 3.63) is 45.8 Å². The molecule has 1 unspecified atom stereocenters. The largest absolute Gasteiger partial charge is 0.416 e. The molecule has 108 valence electrons. The van der Waals surface area contributed by atoms with Gasteiger partial charge in [-0.05, 0) is 49.9 Å². The number of hydrogen-bond donors (Lipinski definition) is 1. The first-order chi connectivity index (χ1) is 9.31. The number of hydrogen-bond acceptors (Lipinski definition) is 2. The van der Waals surface area contributed by atoms with E-state index in [-0.39, 0.29) is 11.1 Å². The zero-order valence-electron chi connectivity index (χ0n) is 10.9. The highest BCUT2D eigenvalue weighted by atomic mass is 35.5. The van der Waals surface area contributed by atoms with Gasteiger partial charge in [0.2, 0.25) is 0 Å². The van der Waals surface area contributed by atoms with Gasteiger partial charge in [-0.25, -0.2) is 0 Å². The van der Waals surface area contributed by atoms with Crippen LogP contribution in [0.4, 0.5) is 13.2 Å². The summed E-state index contributed by atoms with van der Waals surface area (Å²) in [5, 5.41) is 3.19. The second-order valence-corrected chi connectivity index (χ2v) is 5.99. The highest BCUT2D eigenvalue weighted by Gasteiger charge is 2.31. The summed E-state index contributed by atoms with van der Waals surface area (Å²) in [6.07, 6.45) is -4.39. The maximum absolute atomic E-state index is 12.8. The minimum absolute atomic E-state index is 0.0893. The van der Waals surface area contributed by atoms with Crippen LogP contribution in [0, 0.1) is 0 Å². The molecule has 0 radical (unpaired) electrons. The van der Waals surface area contributed by atoms with E-state index in [9.17, 15) is 13.2 Å². The zero-order chi connectivity index (χ0) is 14.9. The van der Waals surface area contributed by atoms with Crippen molar-refractivity contribution in [3.8, 4) is 10.4 Å². The lowest BCUT2D eigenvalue weighted by molar-refractivity contribution is -0.137. The van der Waals surface area contributed by atoms with E-state index in [1.165, 1.54) is 11.3 Å². The Balaban J connectivity index is 2.42. The molecule has 0 aliphatic rings. The van der Waals surface area contributed by atoms with Crippen molar-refractivity contribution < 1.29 is 13.2 Å². The molecule has 1 aromatic heterocycles. The van der Waals surface area contributed by atoms with Crippen molar-refractivity contribution in [2.24, 2.45) is 0 Å². The Morgan fingerprint density at radius 2 is 1.90 bits per heavy atom. The van der Waals surface area contributed by atoms with E-state index in [1.807, 2.05) is 26.1 Å². The van der Waals surface area contributed by atoms with Gasteiger partial charge in [0.1, 0.15) is 0 Å². The minimum Gasteiger partial charge on any atom is -0.313 e. The first-order valence-electron chi connectivity index (χ1n) is 5.96. The first-order valence-corrected chi connectivity index (χ1v) is 7.16. The molecule has 1 nitrogen and oxygen atoms in total. The Morgan fingerprint density at radius 3 is 2.50 bits per heavy atom. The van der Waals surface area contributed by atoms with E-state index in [2.05, 4.69) is 5.32 Å². The highest BCUT2D eigenvalue weighted by molar-refractivity contribution is 7.15. The molecule has 0 saturated heterocycles. The minimum atomic E-state index is -4.39. The Morgan fingerprint density at radius 1 is 1.20 bits per heavy atom. The molecule has 0 aliphatic carbocycles. The summed E-state index contributed by atoms with van der Waals surface area (Å²) in [5.74, 6) is 0. The summed E-state index contributed by atoms with van der Waals surface area (Å²) in [7, 11) is 1.84. The molecule has 20 heavy (non-hydrogen) atoms. The fourth-order valence-corrected chi connectivity index (χ4v) is 3.07. The lowest BCUT2D eigenvalue weighted by Gasteiger charge is -2.09. The molecular weight excluding hydrogens is 307 g/mol. The van der Waals surface area contributed by atoms with Gasteiger partial charge in [-0.1, -0.05) is 11.6 Å². The average Bonchev–Trinajstić information content (AvgIpc) is 2.85. The van der Waals surface area contributed by atoms with Crippen LogP contribution < -0.4 is 5.32 Å². The molecular formula is C14H13ClF3NS. The van der Waals surface area contributed by atoms with Gasteiger partial charge in [0.15, 0.2) is 0 Å². The summed E-state index contributed by atoms with van der Waals surface area (Å²) in [5.41, 5.74) is -0.235. The van der Waals surface area contributed by atoms with Crippen LogP contribution in [0.1, 0.15) is 23.4 Å². The molecule has 0 saturated carbocycles. The van der Waals surface area contributed by atoms with E-state index >= 15 is 0 Å². The van der Waals surface area contributed by atoms with Crippen molar-refractivity contribution in [3.63, 3.8) is 0 Å². The standard InChI is InChI=1S/C14H13ClF3NS/c1-8(19-2)12-3-4-13(20-12)9-5-10(14(16,17)18)7-11(15)6-9/h3-8,19H,1-2H3. The summed E-state index contributed by atoms with van der Waals surface area (Å²) < 4.78 is 38.4. The average molecular weight is 320 g/mol. The number of benzene rings is 1. The van der Waals surface area contributed by atoms with Gasteiger partial charge in [-0.2, -0.15) is 13.2 Å². The van der Waals surface area contributed by atoms with Gasteiger partial charge < -0.3 is 5.32 Å². The Bertz CT molecular complexity index is 607. The van der Waals surface area contributed by atoms with Gasteiger partial charge in [0.05, 0.1) is 5.56 Å².